The van der Waals surface area contributed by atoms with Gasteiger partial charge >= 0.3 is 0 Å². The van der Waals surface area contributed by atoms with Gasteiger partial charge in [0.2, 0.25) is 0 Å². The highest BCUT2D eigenvalue weighted by Gasteiger charge is 2.50. The molecule has 3 aliphatic rings. The Labute approximate surface area is 189 Å². The summed E-state index contributed by atoms with van der Waals surface area (Å²) in [5.74, 6) is 1.80. The molecule has 0 saturated heterocycles. The van der Waals surface area contributed by atoms with Gasteiger partial charge in [0, 0.05) is 6.42 Å². The van der Waals surface area contributed by atoms with E-state index in [9.17, 15) is 15.3 Å². The Morgan fingerprint density at radius 3 is 2.71 bits per heavy atom. The van der Waals surface area contributed by atoms with E-state index in [-0.39, 0.29) is 0 Å². The van der Waals surface area contributed by atoms with Gasteiger partial charge in [-0.25, -0.2) is 0 Å². The molecule has 0 spiro atoms. The van der Waals surface area contributed by atoms with E-state index < -0.39 is 17.8 Å². The minimum atomic E-state index is -0.623. The second-order valence-electron chi connectivity index (χ2n) is 11.0. The first kappa shape index (κ1) is 24.5. The zero-order valence-corrected chi connectivity index (χ0v) is 20.1. The highest BCUT2D eigenvalue weighted by atomic mass is 16.3. The molecule has 0 unspecified atom stereocenters. The molecule has 0 heterocycles. The predicted octanol–water partition coefficient (Wildman–Crippen LogP) is 5.87. The van der Waals surface area contributed by atoms with Gasteiger partial charge in [0.15, 0.2) is 0 Å². The summed E-state index contributed by atoms with van der Waals surface area (Å²) >= 11 is 0. The molecule has 0 aliphatic heterocycles. The first-order valence-corrected chi connectivity index (χ1v) is 12.4. The first-order valence-electron chi connectivity index (χ1n) is 12.4. The van der Waals surface area contributed by atoms with Crippen LogP contribution in [0.25, 0.3) is 0 Å². The number of hydrogen-bond acceptors (Lipinski definition) is 3. The molecule has 3 aliphatic carbocycles. The number of aliphatic hydroxyl groups excluding tert-OH is 2. The molecule has 31 heavy (non-hydrogen) atoms. The van der Waals surface area contributed by atoms with E-state index in [1.54, 1.807) is 0 Å². The highest BCUT2D eigenvalue weighted by Crippen LogP contribution is 2.59. The molecular formula is C28H44O3. The van der Waals surface area contributed by atoms with Crippen molar-refractivity contribution in [3.8, 4) is 0 Å². The van der Waals surface area contributed by atoms with Crippen molar-refractivity contribution in [2.45, 2.75) is 103 Å². The van der Waals surface area contributed by atoms with Crippen LogP contribution in [0.1, 0.15) is 85.5 Å². The largest absolute Gasteiger partial charge is 0.393 e. The topological polar surface area (TPSA) is 60.7 Å². The number of rotatable bonds is 6. The first-order chi connectivity index (χ1) is 14.6. The van der Waals surface area contributed by atoms with Crippen LogP contribution in [0.2, 0.25) is 0 Å². The van der Waals surface area contributed by atoms with E-state index in [1.165, 1.54) is 31.3 Å². The van der Waals surface area contributed by atoms with Crippen molar-refractivity contribution in [1.82, 2.24) is 0 Å². The standard InChI is InChI=1S/C28H44O3/c1-6-27(4,31)15-7-9-19(2)24-13-14-25-21(10-8-16-28(24,25)5)11-12-22-17-23(29)18-26(30)20(22)3/h7,9,11-12,19,23-26,29-31H,3,6,8,10,13-18H2,1-2,4-5H3/b9-7+,21-11+,22-12+/t19-,23-,24-,25+,26+,27-,28-/m1/s1. The Morgan fingerprint density at radius 2 is 2.00 bits per heavy atom. The van der Waals surface area contributed by atoms with Crippen LogP contribution in [-0.2, 0) is 0 Å². The Morgan fingerprint density at radius 1 is 1.26 bits per heavy atom. The Hall–Kier alpha value is -1.16. The Balaban J connectivity index is 1.73. The summed E-state index contributed by atoms with van der Waals surface area (Å²) in [6.07, 6.45) is 16.5. The van der Waals surface area contributed by atoms with Gasteiger partial charge in [-0.2, -0.15) is 0 Å². The predicted molar refractivity (Wildman–Crippen MR) is 129 cm³/mol. The fourth-order valence-corrected chi connectivity index (χ4v) is 6.42. The maximum atomic E-state index is 10.3. The average molecular weight is 429 g/mol. The molecule has 0 aromatic heterocycles. The summed E-state index contributed by atoms with van der Waals surface area (Å²) in [5, 5.41) is 30.5. The second-order valence-corrected chi connectivity index (χ2v) is 11.0. The maximum absolute atomic E-state index is 10.3. The van der Waals surface area contributed by atoms with E-state index in [2.05, 4.69) is 44.7 Å². The number of aliphatic hydroxyl groups is 3. The maximum Gasteiger partial charge on any atom is 0.0811 e. The van der Waals surface area contributed by atoms with Crippen LogP contribution in [0.15, 0.2) is 47.6 Å². The van der Waals surface area contributed by atoms with E-state index >= 15 is 0 Å². The molecule has 3 N–H and O–H groups in total. The molecule has 0 aromatic rings. The lowest BCUT2D eigenvalue weighted by Gasteiger charge is -2.44. The molecule has 3 nitrogen and oxygen atoms in total. The zero-order chi connectivity index (χ0) is 22.8. The SMILES string of the molecule is C=C1/C(=C/C=C2\CCC[C@]3(C)[C@@H]([C@H](C)/C=C/C[C@](C)(O)CC)CC[C@@H]23)C[C@@H](O)C[C@@H]1O. The summed E-state index contributed by atoms with van der Waals surface area (Å²) in [7, 11) is 0. The third-order valence-corrected chi connectivity index (χ3v) is 8.70. The molecule has 3 saturated carbocycles. The van der Waals surface area contributed by atoms with Crippen molar-refractivity contribution in [2.75, 3.05) is 0 Å². The van der Waals surface area contributed by atoms with Crippen molar-refractivity contribution in [3.63, 3.8) is 0 Å². The lowest BCUT2D eigenvalue weighted by Crippen LogP contribution is -2.35. The second kappa shape index (κ2) is 9.77. The quantitative estimate of drug-likeness (QED) is 0.464. The number of fused-ring (bicyclic) bond motifs is 1. The molecule has 7 atom stereocenters. The van der Waals surface area contributed by atoms with Gasteiger partial charge in [-0.15, -0.1) is 0 Å². The van der Waals surface area contributed by atoms with E-state index in [4.69, 9.17) is 0 Å². The van der Waals surface area contributed by atoms with Gasteiger partial charge in [0.25, 0.3) is 0 Å². The number of hydrogen-bond donors (Lipinski definition) is 3. The Bertz CT molecular complexity index is 743. The molecule has 0 aromatic carbocycles. The summed E-state index contributed by atoms with van der Waals surface area (Å²) in [6, 6.07) is 0. The van der Waals surface area contributed by atoms with Crippen LogP contribution < -0.4 is 0 Å². The smallest absolute Gasteiger partial charge is 0.0811 e. The molecule has 3 heteroatoms. The van der Waals surface area contributed by atoms with Gasteiger partial charge in [-0.3, -0.25) is 0 Å². The van der Waals surface area contributed by atoms with Gasteiger partial charge < -0.3 is 15.3 Å². The van der Waals surface area contributed by atoms with Crippen LogP contribution >= 0.6 is 0 Å². The summed E-state index contributed by atoms with van der Waals surface area (Å²) < 4.78 is 0. The molecular weight excluding hydrogens is 384 g/mol. The van der Waals surface area contributed by atoms with Gasteiger partial charge in [0.05, 0.1) is 17.8 Å². The summed E-state index contributed by atoms with van der Waals surface area (Å²) in [5.41, 5.74) is 3.03. The lowest BCUT2D eigenvalue weighted by molar-refractivity contribution is 0.0588. The normalized spacial score (nSPS) is 39.8. The van der Waals surface area contributed by atoms with Crippen LogP contribution in [0.4, 0.5) is 0 Å². The average Bonchev–Trinajstić information content (AvgIpc) is 3.07. The fraction of sp³-hybridized carbons (Fsp3) is 0.714. The van der Waals surface area contributed by atoms with Gasteiger partial charge in [-0.1, -0.05) is 57.2 Å². The zero-order valence-electron chi connectivity index (χ0n) is 20.1. The third-order valence-electron chi connectivity index (χ3n) is 8.70. The molecule has 174 valence electrons. The molecule has 3 fully saturated rings. The van der Waals surface area contributed by atoms with Crippen LogP contribution in [-0.4, -0.2) is 33.1 Å². The van der Waals surface area contributed by atoms with Crippen LogP contribution in [0.5, 0.6) is 0 Å². The van der Waals surface area contributed by atoms with Gasteiger partial charge in [0.1, 0.15) is 0 Å². The van der Waals surface area contributed by atoms with Crippen molar-refractivity contribution >= 4 is 0 Å². The minimum absolute atomic E-state index is 0.322. The molecule has 3 rings (SSSR count). The Kier molecular flexibility index (Phi) is 7.71. The van der Waals surface area contributed by atoms with Gasteiger partial charge in [-0.05, 0) is 92.6 Å². The fourth-order valence-electron chi connectivity index (χ4n) is 6.42. The summed E-state index contributed by atoms with van der Waals surface area (Å²) in [6.45, 7) is 12.9. The summed E-state index contributed by atoms with van der Waals surface area (Å²) in [4.78, 5) is 0. The minimum Gasteiger partial charge on any atom is -0.393 e. The van der Waals surface area contributed by atoms with Crippen molar-refractivity contribution in [1.29, 1.82) is 0 Å². The van der Waals surface area contributed by atoms with Crippen molar-refractivity contribution < 1.29 is 15.3 Å². The third kappa shape index (κ3) is 5.43. The lowest BCUT2D eigenvalue weighted by atomic mass is 9.61. The van der Waals surface area contributed by atoms with Crippen LogP contribution in [0.3, 0.4) is 0 Å². The van der Waals surface area contributed by atoms with Crippen LogP contribution in [0, 0.1) is 23.2 Å². The monoisotopic (exact) mass is 428 g/mol. The van der Waals surface area contributed by atoms with E-state index in [0.717, 1.165) is 30.4 Å². The van der Waals surface area contributed by atoms with Crippen molar-refractivity contribution in [3.05, 3.63) is 47.6 Å². The van der Waals surface area contributed by atoms with E-state index in [0.29, 0.717) is 36.0 Å². The molecule has 0 radical (unpaired) electrons. The molecule has 0 bridgehead atoms. The van der Waals surface area contributed by atoms with Crippen molar-refractivity contribution in [2.24, 2.45) is 23.2 Å². The molecule has 0 amide bonds. The van der Waals surface area contributed by atoms with E-state index in [1.807, 2.05) is 13.8 Å². The number of allylic oxidation sites excluding steroid dienone is 4. The highest BCUT2D eigenvalue weighted by molar-refractivity contribution is 5.38.